The second-order valence-electron chi connectivity index (χ2n) is 4.98. The number of ether oxygens (including phenoxy) is 1. The Kier molecular flexibility index (Phi) is 5.83. The van der Waals surface area contributed by atoms with Gasteiger partial charge in [-0.05, 0) is 37.5 Å². The molecule has 1 unspecified atom stereocenters. The van der Waals surface area contributed by atoms with Crippen molar-refractivity contribution in [3.63, 3.8) is 0 Å². The Morgan fingerprint density at radius 3 is 2.84 bits per heavy atom. The number of amides is 1. The van der Waals surface area contributed by atoms with E-state index in [1.807, 2.05) is 31.2 Å². The standard InChI is InChI=1S/C15H23NO3/c1-4-15(2,18)11-16-14(17)9-8-12-6-5-7-13(10-12)19-3/h5-7,10,18H,4,8-9,11H2,1-3H3,(H,16,17). The van der Waals surface area contributed by atoms with Crippen LogP contribution in [0.5, 0.6) is 5.75 Å². The lowest BCUT2D eigenvalue weighted by atomic mass is 10.0. The third-order valence-electron chi connectivity index (χ3n) is 3.20. The summed E-state index contributed by atoms with van der Waals surface area (Å²) >= 11 is 0. The molecule has 4 nitrogen and oxygen atoms in total. The number of rotatable bonds is 7. The minimum atomic E-state index is -0.828. The molecule has 0 saturated carbocycles. The Balaban J connectivity index is 2.37. The molecule has 1 rings (SSSR count). The fourth-order valence-corrected chi connectivity index (χ4v) is 1.59. The maximum absolute atomic E-state index is 11.7. The molecule has 1 aromatic carbocycles. The van der Waals surface area contributed by atoms with Crippen LogP contribution in [0.3, 0.4) is 0 Å². The lowest BCUT2D eigenvalue weighted by molar-refractivity contribution is -0.122. The van der Waals surface area contributed by atoms with Gasteiger partial charge >= 0.3 is 0 Å². The lowest BCUT2D eigenvalue weighted by Crippen LogP contribution is -2.40. The molecule has 4 heteroatoms. The van der Waals surface area contributed by atoms with E-state index in [0.29, 0.717) is 25.8 Å². The van der Waals surface area contributed by atoms with Crippen LogP contribution in [-0.2, 0) is 11.2 Å². The van der Waals surface area contributed by atoms with E-state index < -0.39 is 5.60 Å². The van der Waals surface area contributed by atoms with Crippen LogP contribution in [0.25, 0.3) is 0 Å². The van der Waals surface area contributed by atoms with Crippen LogP contribution in [0, 0.1) is 0 Å². The number of carbonyl (C=O) groups excluding carboxylic acids is 1. The maximum atomic E-state index is 11.7. The number of nitrogens with one attached hydrogen (secondary N) is 1. The summed E-state index contributed by atoms with van der Waals surface area (Å²) in [5.74, 6) is 0.753. The van der Waals surface area contributed by atoms with Gasteiger partial charge in [-0.25, -0.2) is 0 Å². The number of hydrogen-bond donors (Lipinski definition) is 2. The van der Waals surface area contributed by atoms with E-state index in [2.05, 4.69) is 5.32 Å². The van der Waals surface area contributed by atoms with Crippen molar-refractivity contribution in [3.05, 3.63) is 29.8 Å². The molecule has 1 atom stereocenters. The summed E-state index contributed by atoms with van der Waals surface area (Å²) in [6, 6.07) is 7.68. The molecule has 19 heavy (non-hydrogen) atoms. The van der Waals surface area contributed by atoms with E-state index in [0.717, 1.165) is 11.3 Å². The minimum Gasteiger partial charge on any atom is -0.497 e. The highest BCUT2D eigenvalue weighted by Gasteiger charge is 2.18. The number of carbonyl (C=O) groups is 1. The molecular weight excluding hydrogens is 242 g/mol. The Bertz CT molecular complexity index is 416. The van der Waals surface area contributed by atoms with Gasteiger partial charge in [0.05, 0.1) is 12.7 Å². The first-order valence-corrected chi connectivity index (χ1v) is 6.59. The van der Waals surface area contributed by atoms with Crippen LogP contribution in [0.2, 0.25) is 0 Å². The zero-order valence-corrected chi connectivity index (χ0v) is 11.9. The smallest absolute Gasteiger partial charge is 0.220 e. The van der Waals surface area contributed by atoms with Gasteiger partial charge < -0.3 is 15.2 Å². The van der Waals surface area contributed by atoms with Crippen molar-refractivity contribution in [3.8, 4) is 5.75 Å². The topological polar surface area (TPSA) is 58.6 Å². The summed E-state index contributed by atoms with van der Waals surface area (Å²) in [5.41, 5.74) is 0.239. The highest BCUT2D eigenvalue weighted by molar-refractivity contribution is 5.76. The van der Waals surface area contributed by atoms with Crippen LogP contribution < -0.4 is 10.1 Å². The number of aliphatic hydroxyl groups is 1. The molecule has 0 spiro atoms. The molecule has 0 bridgehead atoms. The van der Waals surface area contributed by atoms with Crippen molar-refractivity contribution in [2.24, 2.45) is 0 Å². The van der Waals surface area contributed by atoms with Crippen molar-refractivity contribution in [2.75, 3.05) is 13.7 Å². The molecule has 0 heterocycles. The minimum absolute atomic E-state index is 0.0449. The Morgan fingerprint density at radius 1 is 1.47 bits per heavy atom. The SMILES string of the molecule is CCC(C)(O)CNC(=O)CCc1cccc(OC)c1. The molecule has 0 aliphatic carbocycles. The van der Waals surface area contributed by atoms with E-state index in [1.54, 1.807) is 14.0 Å². The van der Waals surface area contributed by atoms with E-state index in [-0.39, 0.29) is 5.91 Å². The first-order valence-electron chi connectivity index (χ1n) is 6.59. The summed E-state index contributed by atoms with van der Waals surface area (Å²) in [6.07, 6.45) is 1.69. The van der Waals surface area contributed by atoms with Gasteiger partial charge in [-0.2, -0.15) is 0 Å². The summed E-state index contributed by atoms with van der Waals surface area (Å²) < 4.78 is 5.13. The Hall–Kier alpha value is -1.55. The molecule has 0 fully saturated rings. The van der Waals surface area contributed by atoms with Gasteiger partial charge in [0.25, 0.3) is 0 Å². The van der Waals surface area contributed by atoms with Crippen LogP contribution >= 0.6 is 0 Å². The highest BCUT2D eigenvalue weighted by atomic mass is 16.5. The molecule has 0 saturated heterocycles. The normalized spacial score (nSPS) is 13.7. The zero-order valence-electron chi connectivity index (χ0n) is 11.9. The number of benzene rings is 1. The number of methoxy groups -OCH3 is 1. The molecule has 0 aliphatic heterocycles. The van der Waals surface area contributed by atoms with Crippen molar-refractivity contribution in [1.29, 1.82) is 0 Å². The van der Waals surface area contributed by atoms with Crippen molar-refractivity contribution < 1.29 is 14.6 Å². The van der Waals surface area contributed by atoms with Gasteiger partial charge in [0.2, 0.25) is 5.91 Å². The fraction of sp³-hybridized carbons (Fsp3) is 0.533. The molecule has 1 amide bonds. The average Bonchev–Trinajstić information content (AvgIpc) is 2.43. The second-order valence-corrected chi connectivity index (χ2v) is 4.98. The highest BCUT2D eigenvalue weighted by Crippen LogP contribution is 2.14. The summed E-state index contributed by atoms with van der Waals surface area (Å²) in [6.45, 7) is 3.90. The Morgan fingerprint density at radius 2 is 2.21 bits per heavy atom. The van der Waals surface area contributed by atoms with E-state index in [4.69, 9.17) is 4.74 Å². The Labute approximate surface area is 114 Å². The predicted molar refractivity (Wildman–Crippen MR) is 75.2 cm³/mol. The van der Waals surface area contributed by atoms with Gasteiger partial charge in [0.15, 0.2) is 0 Å². The zero-order chi connectivity index (χ0) is 14.3. The van der Waals surface area contributed by atoms with Crippen LogP contribution in [-0.4, -0.2) is 30.3 Å². The van der Waals surface area contributed by atoms with Gasteiger partial charge in [-0.3, -0.25) is 4.79 Å². The summed E-state index contributed by atoms with van der Waals surface area (Å²) in [7, 11) is 1.62. The van der Waals surface area contributed by atoms with Gasteiger partial charge in [-0.1, -0.05) is 19.1 Å². The summed E-state index contributed by atoms with van der Waals surface area (Å²) in [4.78, 5) is 11.7. The van der Waals surface area contributed by atoms with Gasteiger partial charge in [-0.15, -0.1) is 0 Å². The monoisotopic (exact) mass is 265 g/mol. The quantitative estimate of drug-likeness (QED) is 0.791. The molecule has 2 N–H and O–H groups in total. The molecular formula is C15H23NO3. The van der Waals surface area contributed by atoms with Crippen LogP contribution in [0.15, 0.2) is 24.3 Å². The molecule has 106 valence electrons. The average molecular weight is 265 g/mol. The number of hydrogen-bond acceptors (Lipinski definition) is 3. The largest absolute Gasteiger partial charge is 0.497 e. The van der Waals surface area contributed by atoms with Gasteiger partial charge in [0.1, 0.15) is 5.75 Å². The van der Waals surface area contributed by atoms with Gasteiger partial charge in [0, 0.05) is 13.0 Å². The second kappa shape index (κ2) is 7.14. The van der Waals surface area contributed by atoms with E-state index >= 15 is 0 Å². The fourth-order valence-electron chi connectivity index (χ4n) is 1.59. The van der Waals surface area contributed by atoms with E-state index in [1.165, 1.54) is 0 Å². The molecule has 1 aromatic rings. The van der Waals surface area contributed by atoms with Crippen molar-refractivity contribution >= 4 is 5.91 Å². The lowest BCUT2D eigenvalue weighted by Gasteiger charge is -2.21. The maximum Gasteiger partial charge on any atom is 0.220 e. The molecule has 0 aliphatic rings. The first kappa shape index (κ1) is 15.5. The predicted octanol–water partition coefficient (Wildman–Crippen LogP) is 1.91. The van der Waals surface area contributed by atoms with Crippen molar-refractivity contribution in [2.45, 2.75) is 38.7 Å². The molecule has 0 aromatic heterocycles. The van der Waals surface area contributed by atoms with E-state index in [9.17, 15) is 9.90 Å². The number of aryl methyl sites for hydroxylation is 1. The van der Waals surface area contributed by atoms with Crippen molar-refractivity contribution in [1.82, 2.24) is 5.32 Å². The summed E-state index contributed by atoms with van der Waals surface area (Å²) in [5, 5.41) is 12.5. The first-order chi connectivity index (χ1) is 8.96. The third kappa shape index (κ3) is 5.75. The van der Waals surface area contributed by atoms with Crippen LogP contribution in [0.1, 0.15) is 32.3 Å². The van der Waals surface area contributed by atoms with Crippen LogP contribution in [0.4, 0.5) is 0 Å². The molecule has 0 radical (unpaired) electrons. The third-order valence-corrected chi connectivity index (χ3v) is 3.20.